The highest BCUT2D eigenvalue weighted by Gasteiger charge is 2.35. The van der Waals surface area contributed by atoms with E-state index in [1.165, 1.54) is 4.31 Å². The maximum Gasteiger partial charge on any atom is 0.309 e. The minimum absolute atomic E-state index is 0.117. The number of hydrogen-bond donors (Lipinski definition) is 0. The van der Waals surface area contributed by atoms with Crippen molar-refractivity contribution in [3.05, 3.63) is 41.3 Å². The number of aryl methyl sites for hydroxylation is 2. The molecule has 0 atom stereocenters. The van der Waals surface area contributed by atoms with E-state index in [-0.39, 0.29) is 42.2 Å². The van der Waals surface area contributed by atoms with Gasteiger partial charge >= 0.3 is 5.97 Å². The van der Waals surface area contributed by atoms with E-state index in [1.54, 1.807) is 21.0 Å². The summed E-state index contributed by atoms with van der Waals surface area (Å²) in [4.78, 5) is 12.5. The molecule has 0 unspecified atom stereocenters. The molecule has 1 saturated heterocycles. The first kappa shape index (κ1) is 20.3. The van der Waals surface area contributed by atoms with Gasteiger partial charge in [-0.05, 0) is 44.4 Å². The monoisotopic (exact) mass is 408 g/mol. The second-order valence-electron chi connectivity index (χ2n) is 6.79. The largest absolute Gasteiger partial charge is 0.497 e. The zero-order valence-electron chi connectivity index (χ0n) is 16.2. The number of methoxy groups -OCH3 is 1. The average molecular weight is 408 g/mol. The van der Waals surface area contributed by atoms with Crippen LogP contribution >= 0.6 is 0 Å². The first-order valence-electron chi connectivity index (χ1n) is 9.05. The highest BCUT2D eigenvalue weighted by molar-refractivity contribution is 7.89. The Hall–Kier alpha value is -2.39. The topological polar surface area (TPSA) is 98.9 Å². The van der Waals surface area contributed by atoms with Gasteiger partial charge in [-0.15, -0.1) is 0 Å². The van der Waals surface area contributed by atoms with Crippen LogP contribution in [-0.4, -0.2) is 44.0 Å². The molecule has 1 fully saturated rings. The van der Waals surface area contributed by atoms with Crippen LogP contribution in [0.4, 0.5) is 0 Å². The number of rotatable bonds is 6. The molecule has 2 heterocycles. The van der Waals surface area contributed by atoms with Crippen molar-refractivity contribution in [1.29, 1.82) is 0 Å². The fraction of sp³-hybridized carbons (Fsp3) is 0.474. The van der Waals surface area contributed by atoms with E-state index in [0.29, 0.717) is 24.3 Å². The molecule has 1 aromatic carbocycles. The van der Waals surface area contributed by atoms with Gasteiger partial charge in [0.15, 0.2) is 5.76 Å². The van der Waals surface area contributed by atoms with Crippen LogP contribution in [0.15, 0.2) is 33.7 Å². The molecule has 1 aromatic heterocycles. The lowest BCUT2D eigenvalue weighted by Crippen LogP contribution is -2.40. The lowest BCUT2D eigenvalue weighted by atomic mass is 9.98. The summed E-state index contributed by atoms with van der Waals surface area (Å²) in [5.41, 5.74) is 1.18. The van der Waals surface area contributed by atoms with Crippen molar-refractivity contribution in [3.63, 3.8) is 0 Å². The van der Waals surface area contributed by atoms with Gasteiger partial charge in [0.05, 0.1) is 13.0 Å². The second kappa shape index (κ2) is 8.32. The van der Waals surface area contributed by atoms with Gasteiger partial charge in [0.1, 0.15) is 22.9 Å². The summed E-state index contributed by atoms with van der Waals surface area (Å²) in [7, 11) is -2.10. The minimum atomic E-state index is -3.68. The van der Waals surface area contributed by atoms with Crippen molar-refractivity contribution in [2.75, 3.05) is 20.2 Å². The number of aromatic nitrogens is 1. The van der Waals surface area contributed by atoms with Crippen LogP contribution in [0, 0.1) is 19.8 Å². The quantitative estimate of drug-likeness (QED) is 0.677. The van der Waals surface area contributed by atoms with Gasteiger partial charge in [-0.2, -0.15) is 4.31 Å². The van der Waals surface area contributed by atoms with Crippen molar-refractivity contribution < 1.29 is 27.2 Å². The van der Waals surface area contributed by atoms with Crippen molar-refractivity contribution in [1.82, 2.24) is 9.46 Å². The summed E-state index contributed by atoms with van der Waals surface area (Å²) in [6.45, 7) is 3.85. The zero-order chi connectivity index (χ0) is 20.3. The lowest BCUT2D eigenvalue weighted by Gasteiger charge is -2.30. The van der Waals surface area contributed by atoms with Crippen LogP contribution in [0.2, 0.25) is 0 Å². The summed E-state index contributed by atoms with van der Waals surface area (Å²) in [5.74, 6) is 0.350. The number of esters is 1. The predicted octanol–water partition coefficient (Wildman–Crippen LogP) is 2.44. The SMILES string of the molecule is COc1cccc(COC(=O)C2CCN(S(=O)(=O)c3c(C)noc3C)CC2)c1. The van der Waals surface area contributed by atoms with E-state index in [2.05, 4.69) is 5.16 Å². The third kappa shape index (κ3) is 4.20. The number of piperidine rings is 1. The van der Waals surface area contributed by atoms with Gasteiger partial charge in [0, 0.05) is 13.1 Å². The number of nitrogens with zero attached hydrogens (tertiary/aromatic N) is 2. The van der Waals surface area contributed by atoms with Crippen LogP contribution in [0.3, 0.4) is 0 Å². The van der Waals surface area contributed by atoms with Crippen LogP contribution in [-0.2, 0) is 26.2 Å². The molecule has 0 amide bonds. The van der Waals surface area contributed by atoms with Gasteiger partial charge in [-0.3, -0.25) is 4.79 Å². The number of ether oxygens (including phenoxy) is 2. The summed E-state index contributed by atoms with van der Waals surface area (Å²) in [6, 6.07) is 7.32. The normalized spacial score (nSPS) is 16.1. The molecule has 0 aliphatic carbocycles. The number of sulfonamides is 1. The Morgan fingerprint density at radius 2 is 2.00 bits per heavy atom. The molecule has 1 aliphatic rings. The van der Waals surface area contributed by atoms with E-state index in [1.807, 2.05) is 24.3 Å². The molecule has 0 radical (unpaired) electrons. The van der Waals surface area contributed by atoms with Crippen molar-refractivity contribution in [2.45, 2.75) is 38.2 Å². The molecular formula is C19H24N2O6S. The Kier molecular flexibility index (Phi) is 6.04. The summed E-state index contributed by atoms with van der Waals surface area (Å²) < 4.78 is 42.6. The Bertz CT molecular complexity index is 926. The molecule has 2 aromatic rings. The maximum absolute atomic E-state index is 12.8. The van der Waals surface area contributed by atoms with Gasteiger partial charge in [-0.25, -0.2) is 8.42 Å². The Morgan fingerprint density at radius 3 is 2.61 bits per heavy atom. The van der Waals surface area contributed by atoms with E-state index in [4.69, 9.17) is 14.0 Å². The molecule has 0 spiro atoms. The van der Waals surface area contributed by atoms with Crippen LogP contribution < -0.4 is 4.74 Å². The molecule has 28 heavy (non-hydrogen) atoms. The number of carbonyl (C=O) groups is 1. The number of benzene rings is 1. The van der Waals surface area contributed by atoms with E-state index in [0.717, 1.165) is 5.56 Å². The third-order valence-electron chi connectivity index (χ3n) is 4.87. The van der Waals surface area contributed by atoms with Crippen LogP contribution in [0.25, 0.3) is 0 Å². The van der Waals surface area contributed by atoms with Crippen molar-refractivity contribution in [2.24, 2.45) is 5.92 Å². The van der Waals surface area contributed by atoms with E-state index < -0.39 is 10.0 Å². The third-order valence-corrected chi connectivity index (χ3v) is 7.01. The summed E-state index contributed by atoms with van der Waals surface area (Å²) in [5, 5.41) is 3.72. The van der Waals surface area contributed by atoms with Gasteiger partial charge in [-0.1, -0.05) is 17.3 Å². The van der Waals surface area contributed by atoms with Crippen LogP contribution in [0.1, 0.15) is 29.9 Å². The van der Waals surface area contributed by atoms with E-state index >= 15 is 0 Å². The summed E-state index contributed by atoms with van der Waals surface area (Å²) in [6.07, 6.45) is 0.832. The smallest absolute Gasteiger partial charge is 0.309 e. The molecular weight excluding hydrogens is 384 g/mol. The maximum atomic E-state index is 12.8. The van der Waals surface area contributed by atoms with Crippen molar-refractivity contribution >= 4 is 16.0 Å². The second-order valence-corrected chi connectivity index (χ2v) is 8.67. The number of hydrogen-bond acceptors (Lipinski definition) is 7. The zero-order valence-corrected chi connectivity index (χ0v) is 17.0. The molecule has 152 valence electrons. The highest BCUT2D eigenvalue weighted by Crippen LogP contribution is 2.28. The highest BCUT2D eigenvalue weighted by atomic mass is 32.2. The van der Waals surface area contributed by atoms with Crippen molar-refractivity contribution in [3.8, 4) is 5.75 Å². The first-order valence-corrected chi connectivity index (χ1v) is 10.5. The molecule has 0 bridgehead atoms. The molecule has 8 nitrogen and oxygen atoms in total. The molecule has 0 N–H and O–H groups in total. The predicted molar refractivity (Wildman–Crippen MR) is 100 cm³/mol. The Labute approximate surface area is 164 Å². The van der Waals surface area contributed by atoms with Crippen LogP contribution in [0.5, 0.6) is 5.75 Å². The standard InChI is InChI=1S/C19H24N2O6S/c1-13-18(14(2)27-20-13)28(23,24)21-9-7-16(8-10-21)19(22)26-12-15-5-4-6-17(11-15)25-3/h4-6,11,16H,7-10,12H2,1-3H3. The van der Waals surface area contributed by atoms with Gasteiger partial charge < -0.3 is 14.0 Å². The average Bonchev–Trinajstić information content (AvgIpc) is 3.05. The first-order chi connectivity index (χ1) is 13.3. The summed E-state index contributed by atoms with van der Waals surface area (Å²) >= 11 is 0. The van der Waals surface area contributed by atoms with Gasteiger partial charge in [0.2, 0.25) is 10.0 Å². The minimum Gasteiger partial charge on any atom is -0.497 e. The molecule has 3 rings (SSSR count). The fourth-order valence-corrected chi connectivity index (χ4v) is 5.10. The Morgan fingerprint density at radius 1 is 1.29 bits per heavy atom. The molecule has 0 saturated carbocycles. The van der Waals surface area contributed by atoms with Gasteiger partial charge in [0.25, 0.3) is 0 Å². The molecule has 9 heteroatoms. The number of carbonyl (C=O) groups excluding carboxylic acids is 1. The van der Waals surface area contributed by atoms with E-state index in [9.17, 15) is 13.2 Å². The fourth-order valence-electron chi connectivity index (χ4n) is 3.34. The Balaban J connectivity index is 1.56. The lowest BCUT2D eigenvalue weighted by molar-refractivity contribution is -0.151. The molecule has 1 aliphatic heterocycles.